The summed E-state index contributed by atoms with van der Waals surface area (Å²) >= 11 is 6.15. The maximum atomic E-state index is 11.1. The molecule has 1 aliphatic heterocycles. The summed E-state index contributed by atoms with van der Waals surface area (Å²) in [6, 6.07) is 5.25. The van der Waals surface area contributed by atoms with Gasteiger partial charge in [0, 0.05) is 24.6 Å². The predicted molar refractivity (Wildman–Crippen MR) is 71.0 cm³/mol. The number of rotatable bonds is 3. The van der Waals surface area contributed by atoms with Crippen molar-refractivity contribution >= 4 is 29.5 Å². The third-order valence-corrected chi connectivity index (χ3v) is 3.65. The molecule has 0 radical (unpaired) electrons. The zero-order chi connectivity index (χ0) is 13.1. The molecule has 2 N–H and O–H groups in total. The second-order valence-corrected chi connectivity index (χ2v) is 4.90. The number of halogens is 1. The van der Waals surface area contributed by atoms with Crippen molar-refractivity contribution < 1.29 is 9.59 Å². The Bertz CT molecular complexity index is 468. The minimum Gasteiger partial charge on any atom is -0.370 e. The van der Waals surface area contributed by atoms with E-state index in [4.69, 9.17) is 17.3 Å². The lowest BCUT2D eigenvalue weighted by Crippen LogP contribution is -2.38. The van der Waals surface area contributed by atoms with Crippen LogP contribution < -0.4 is 10.6 Å². The second-order valence-electron chi connectivity index (χ2n) is 4.49. The first kappa shape index (κ1) is 12.9. The topological polar surface area (TPSA) is 63.4 Å². The molecule has 0 saturated carbocycles. The normalized spacial score (nSPS) is 16.6. The summed E-state index contributed by atoms with van der Waals surface area (Å²) in [4.78, 5) is 23.8. The molecule has 1 saturated heterocycles. The smallest absolute Gasteiger partial charge is 0.220 e. The number of hydrogen-bond donors (Lipinski definition) is 1. The van der Waals surface area contributed by atoms with Gasteiger partial charge in [0.2, 0.25) is 5.91 Å². The first-order chi connectivity index (χ1) is 8.61. The first-order valence-corrected chi connectivity index (χ1v) is 6.28. The van der Waals surface area contributed by atoms with Crippen molar-refractivity contribution in [2.45, 2.75) is 12.8 Å². The maximum absolute atomic E-state index is 11.1. The zero-order valence-electron chi connectivity index (χ0n) is 9.93. The molecule has 5 heteroatoms. The molecule has 0 bridgehead atoms. The van der Waals surface area contributed by atoms with Crippen LogP contribution in [0.3, 0.4) is 0 Å². The number of benzene rings is 1. The summed E-state index contributed by atoms with van der Waals surface area (Å²) in [7, 11) is 0. The molecule has 1 aliphatic rings. The molecule has 18 heavy (non-hydrogen) atoms. The Hall–Kier alpha value is -1.55. The van der Waals surface area contributed by atoms with Gasteiger partial charge in [-0.3, -0.25) is 9.59 Å². The van der Waals surface area contributed by atoms with Crippen LogP contribution in [0.4, 0.5) is 5.69 Å². The van der Waals surface area contributed by atoms with E-state index in [0.717, 1.165) is 37.9 Å². The largest absolute Gasteiger partial charge is 0.370 e. The highest BCUT2D eigenvalue weighted by Gasteiger charge is 2.24. The van der Waals surface area contributed by atoms with Crippen LogP contribution in [0.2, 0.25) is 5.02 Å². The van der Waals surface area contributed by atoms with Crippen LogP contribution in [-0.4, -0.2) is 25.3 Å². The summed E-state index contributed by atoms with van der Waals surface area (Å²) < 4.78 is 0. The highest BCUT2D eigenvalue weighted by atomic mass is 35.5. The van der Waals surface area contributed by atoms with Crippen LogP contribution in [-0.2, 0) is 4.79 Å². The van der Waals surface area contributed by atoms with Crippen molar-refractivity contribution in [3.8, 4) is 0 Å². The Kier molecular flexibility index (Phi) is 3.87. The van der Waals surface area contributed by atoms with Crippen molar-refractivity contribution in [2.24, 2.45) is 11.7 Å². The fraction of sp³-hybridized carbons (Fsp3) is 0.385. The number of aldehydes is 1. The van der Waals surface area contributed by atoms with E-state index in [1.807, 2.05) is 6.07 Å². The van der Waals surface area contributed by atoms with Crippen LogP contribution in [0.5, 0.6) is 0 Å². The quantitative estimate of drug-likeness (QED) is 0.850. The third-order valence-electron chi connectivity index (χ3n) is 3.35. The zero-order valence-corrected chi connectivity index (χ0v) is 10.7. The molecule has 0 aliphatic carbocycles. The predicted octanol–water partition coefficient (Wildman–Crippen LogP) is 1.85. The molecule has 1 aromatic rings. The maximum Gasteiger partial charge on any atom is 0.220 e. The van der Waals surface area contributed by atoms with Gasteiger partial charge in [0.25, 0.3) is 0 Å². The molecule has 4 nitrogen and oxygen atoms in total. The highest BCUT2D eigenvalue weighted by Crippen LogP contribution is 2.30. The van der Waals surface area contributed by atoms with Crippen molar-refractivity contribution in [3.63, 3.8) is 0 Å². The minimum absolute atomic E-state index is 0.0331. The van der Waals surface area contributed by atoms with Gasteiger partial charge in [-0.15, -0.1) is 0 Å². The third kappa shape index (κ3) is 2.64. The van der Waals surface area contributed by atoms with Gasteiger partial charge in [-0.05, 0) is 31.0 Å². The average Bonchev–Trinajstić information content (AvgIpc) is 2.38. The van der Waals surface area contributed by atoms with E-state index in [0.29, 0.717) is 10.6 Å². The first-order valence-electron chi connectivity index (χ1n) is 5.91. The molecular formula is C13H15ClN2O2. The van der Waals surface area contributed by atoms with Gasteiger partial charge >= 0.3 is 0 Å². The van der Waals surface area contributed by atoms with Crippen LogP contribution >= 0.6 is 11.6 Å². The summed E-state index contributed by atoms with van der Waals surface area (Å²) in [6.45, 7) is 1.52. The molecule has 1 aromatic carbocycles. The average molecular weight is 267 g/mol. The van der Waals surface area contributed by atoms with Gasteiger partial charge in [-0.1, -0.05) is 11.6 Å². The summed E-state index contributed by atoms with van der Waals surface area (Å²) in [5.74, 6) is -0.258. The lowest BCUT2D eigenvalue weighted by atomic mass is 9.96. The Morgan fingerprint density at radius 2 is 2.06 bits per heavy atom. The number of hydrogen-bond acceptors (Lipinski definition) is 3. The van der Waals surface area contributed by atoms with Gasteiger partial charge in [0.05, 0.1) is 10.7 Å². The summed E-state index contributed by atoms with van der Waals surface area (Å²) in [6.07, 6.45) is 2.27. The van der Waals surface area contributed by atoms with E-state index >= 15 is 0 Å². The van der Waals surface area contributed by atoms with Gasteiger partial charge in [-0.25, -0.2) is 0 Å². The van der Waals surface area contributed by atoms with E-state index < -0.39 is 0 Å². The van der Waals surface area contributed by atoms with Crippen LogP contribution in [0, 0.1) is 5.92 Å². The van der Waals surface area contributed by atoms with Crippen LogP contribution in [0.15, 0.2) is 18.2 Å². The Balaban J connectivity index is 2.10. The Morgan fingerprint density at radius 3 is 2.56 bits per heavy atom. The Labute approximate surface area is 111 Å². The summed E-state index contributed by atoms with van der Waals surface area (Å²) in [5, 5.41) is 0.567. The van der Waals surface area contributed by atoms with E-state index in [9.17, 15) is 9.59 Å². The fourth-order valence-corrected chi connectivity index (χ4v) is 2.57. The second kappa shape index (κ2) is 5.40. The minimum atomic E-state index is -0.225. The van der Waals surface area contributed by atoms with Crippen molar-refractivity contribution in [1.29, 1.82) is 0 Å². The fourth-order valence-electron chi connectivity index (χ4n) is 2.26. The van der Waals surface area contributed by atoms with Gasteiger partial charge in [-0.2, -0.15) is 0 Å². The molecule has 2 rings (SSSR count). The molecule has 1 heterocycles. The van der Waals surface area contributed by atoms with Crippen molar-refractivity contribution in [3.05, 3.63) is 28.8 Å². The molecule has 0 spiro atoms. The van der Waals surface area contributed by atoms with E-state index in [-0.39, 0.29) is 11.8 Å². The number of carbonyl (C=O) groups is 2. The number of nitrogens with zero attached hydrogens (tertiary/aromatic N) is 1. The number of amides is 1. The molecular weight excluding hydrogens is 252 g/mol. The van der Waals surface area contributed by atoms with Gasteiger partial charge in [0.1, 0.15) is 6.29 Å². The molecule has 0 aromatic heterocycles. The standard InChI is InChI=1S/C13H15ClN2O2/c14-11-7-9(8-17)1-2-12(11)16-5-3-10(4-6-16)13(15)18/h1-2,7-8,10H,3-6H2,(H2,15,18). The van der Waals surface area contributed by atoms with E-state index in [2.05, 4.69) is 4.90 Å². The molecule has 1 amide bonds. The number of anilines is 1. The van der Waals surface area contributed by atoms with Crippen LogP contribution in [0.1, 0.15) is 23.2 Å². The van der Waals surface area contributed by atoms with Gasteiger partial charge in [0.15, 0.2) is 0 Å². The molecule has 1 fully saturated rings. The van der Waals surface area contributed by atoms with Crippen molar-refractivity contribution in [2.75, 3.05) is 18.0 Å². The Morgan fingerprint density at radius 1 is 1.39 bits per heavy atom. The number of piperidine rings is 1. The SMILES string of the molecule is NC(=O)C1CCN(c2ccc(C=O)cc2Cl)CC1. The van der Waals surface area contributed by atoms with E-state index in [1.165, 1.54) is 0 Å². The molecule has 0 atom stereocenters. The number of nitrogens with two attached hydrogens (primary N) is 1. The number of primary amides is 1. The summed E-state index contributed by atoms with van der Waals surface area (Å²) in [5.41, 5.74) is 6.77. The molecule has 96 valence electrons. The lowest BCUT2D eigenvalue weighted by molar-refractivity contribution is -0.122. The lowest BCUT2D eigenvalue weighted by Gasteiger charge is -2.32. The molecule has 0 unspecified atom stereocenters. The highest BCUT2D eigenvalue weighted by molar-refractivity contribution is 6.33. The monoisotopic (exact) mass is 266 g/mol. The van der Waals surface area contributed by atoms with Crippen LogP contribution in [0.25, 0.3) is 0 Å². The van der Waals surface area contributed by atoms with Crippen molar-refractivity contribution in [1.82, 2.24) is 0 Å². The number of carbonyl (C=O) groups excluding carboxylic acids is 2. The van der Waals surface area contributed by atoms with Gasteiger partial charge < -0.3 is 10.6 Å². The van der Waals surface area contributed by atoms with E-state index in [1.54, 1.807) is 12.1 Å².